The second-order valence-corrected chi connectivity index (χ2v) is 7.26. The molecule has 0 saturated heterocycles. The minimum Gasteiger partial charge on any atom is -0.465 e. The van der Waals surface area contributed by atoms with E-state index in [1.165, 1.54) is 18.2 Å². The fourth-order valence-electron chi connectivity index (χ4n) is 2.83. The number of methoxy groups -OCH3 is 1. The molecule has 0 fully saturated rings. The highest BCUT2D eigenvalue weighted by Crippen LogP contribution is 2.19. The molecule has 0 heterocycles. The zero-order valence-corrected chi connectivity index (χ0v) is 17.3. The topological polar surface area (TPSA) is 50.4 Å². The Morgan fingerprint density at radius 1 is 1.15 bits per heavy atom. The van der Waals surface area contributed by atoms with Gasteiger partial charge >= 0.3 is 5.97 Å². The second kappa shape index (κ2) is 10.1. The summed E-state index contributed by atoms with van der Waals surface area (Å²) in [4.78, 5) is 11.8. The molecule has 0 aliphatic heterocycles. The van der Waals surface area contributed by atoms with Crippen LogP contribution in [0, 0.1) is 6.92 Å². The first kappa shape index (κ1) is 20.9. The number of carbonyl (C=O) groups excluding carboxylic acids is 1. The zero-order valence-electron chi connectivity index (χ0n) is 16.5. The number of benzene rings is 2. The van der Waals surface area contributed by atoms with E-state index in [-0.39, 0.29) is 5.97 Å². The minimum atomic E-state index is -0.349. The van der Waals surface area contributed by atoms with Crippen molar-refractivity contribution in [3.8, 4) is 0 Å². The summed E-state index contributed by atoms with van der Waals surface area (Å²) in [6, 6.07) is 14.3. The van der Waals surface area contributed by atoms with E-state index in [1.807, 2.05) is 19.1 Å². The van der Waals surface area contributed by atoms with Crippen LogP contribution in [0.25, 0.3) is 0 Å². The number of thiocarbonyl (C=S) groups is 1. The Morgan fingerprint density at radius 3 is 2.48 bits per heavy atom. The van der Waals surface area contributed by atoms with Gasteiger partial charge in [-0.2, -0.15) is 0 Å². The number of rotatable bonds is 7. The molecule has 0 unspecified atom stereocenters. The van der Waals surface area contributed by atoms with Crippen LogP contribution in [-0.2, 0) is 11.2 Å². The predicted octanol–water partition coefficient (Wildman–Crippen LogP) is 4.82. The maximum absolute atomic E-state index is 11.8. The van der Waals surface area contributed by atoms with Crippen molar-refractivity contribution in [2.75, 3.05) is 19.0 Å². The summed E-state index contributed by atoms with van der Waals surface area (Å²) in [5.41, 5.74) is 4.86. The molecule has 4 nitrogen and oxygen atoms in total. The number of esters is 1. The van der Waals surface area contributed by atoms with Gasteiger partial charge in [0.05, 0.1) is 12.7 Å². The number of nitrogens with one attached hydrogen (secondary N) is 2. The Morgan fingerprint density at radius 2 is 1.85 bits per heavy atom. The molecule has 0 amide bonds. The van der Waals surface area contributed by atoms with Gasteiger partial charge in [-0.15, -0.1) is 0 Å². The van der Waals surface area contributed by atoms with Crippen LogP contribution in [0.15, 0.2) is 42.5 Å². The molecule has 2 rings (SSSR count). The van der Waals surface area contributed by atoms with E-state index in [1.54, 1.807) is 6.07 Å². The first-order valence-electron chi connectivity index (χ1n) is 9.24. The molecule has 0 aromatic heterocycles. The van der Waals surface area contributed by atoms with Crippen molar-refractivity contribution in [3.63, 3.8) is 0 Å². The smallest absolute Gasteiger partial charge is 0.338 e. The molecule has 0 bridgehead atoms. The standard InChI is InChI=1S/C22H28N2O2S/c1-15(2)18-12-10-17(11-13-18)7-6-14-23-22(27)24-20-9-5-8-19(16(20)3)21(25)26-4/h5,8-13,15H,6-7,14H2,1-4H3,(H2,23,24,27). The number of aryl methyl sites for hydroxylation is 1. The third kappa shape index (κ3) is 6.07. The van der Waals surface area contributed by atoms with Crippen molar-refractivity contribution in [1.29, 1.82) is 0 Å². The van der Waals surface area contributed by atoms with Crippen LogP contribution in [0.4, 0.5) is 5.69 Å². The van der Waals surface area contributed by atoms with Crippen molar-refractivity contribution in [2.24, 2.45) is 0 Å². The van der Waals surface area contributed by atoms with Crippen LogP contribution < -0.4 is 10.6 Å². The summed E-state index contributed by atoms with van der Waals surface area (Å²) in [7, 11) is 1.38. The fourth-order valence-corrected chi connectivity index (χ4v) is 3.04. The molecular formula is C22H28N2O2S. The van der Waals surface area contributed by atoms with Crippen molar-refractivity contribution in [2.45, 2.75) is 39.5 Å². The predicted molar refractivity (Wildman–Crippen MR) is 116 cm³/mol. The van der Waals surface area contributed by atoms with Crippen LogP contribution in [0.1, 0.15) is 53.2 Å². The highest BCUT2D eigenvalue weighted by atomic mass is 32.1. The maximum atomic E-state index is 11.8. The first-order chi connectivity index (χ1) is 12.9. The molecule has 0 spiro atoms. The van der Waals surface area contributed by atoms with Crippen molar-refractivity contribution in [3.05, 3.63) is 64.7 Å². The molecule has 0 aliphatic rings. The molecule has 0 saturated carbocycles. The monoisotopic (exact) mass is 384 g/mol. The van der Waals surface area contributed by atoms with E-state index >= 15 is 0 Å². The average Bonchev–Trinajstić information content (AvgIpc) is 2.66. The number of hydrogen-bond acceptors (Lipinski definition) is 3. The summed E-state index contributed by atoms with van der Waals surface area (Å²) >= 11 is 5.37. The Balaban J connectivity index is 1.80. The van der Waals surface area contributed by atoms with E-state index < -0.39 is 0 Å². The SMILES string of the molecule is COC(=O)c1cccc(NC(=S)NCCCc2ccc(C(C)C)cc2)c1C. The number of ether oxygens (including phenoxy) is 1. The molecule has 27 heavy (non-hydrogen) atoms. The van der Waals surface area contributed by atoms with E-state index in [0.717, 1.165) is 30.6 Å². The van der Waals surface area contributed by atoms with Gasteiger partial charge in [0.1, 0.15) is 0 Å². The van der Waals surface area contributed by atoms with Gasteiger partial charge in [0.15, 0.2) is 5.11 Å². The van der Waals surface area contributed by atoms with Gasteiger partial charge in [-0.25, -0.2) is 4.79 Å². The number of anilines is 1. The van der Waals surface area contributed by atoms with Crippen molar-refractivity contribution in [1.82, 2.24) is 5.32 Å². The van der Waals surface area contributed by atoms with Gasteiger partial charge in [0.25, 0.3) is 0 Å². The molecule has 2 N–H and O–H groups in total. The van der Waals surface area contributed by atoms with Gasteiger partial charge in [0, 0.05) is 12.2 Å². The summed E-state index contributed by atoms with van der Waals surface area (Å²) in [5, 5.41) is 6.94. The molecule has 5 heteroatoms. The van der Waals surface area contributed by atoms with E-state index in [9.17, 15) is 4.79 Å². The van der Waals surface area contributed by atoms with Gasteiger partial charge in [-0.1, -0.05) is 44.2 Å². The lowest BCUT2D eigenvalue weighted by Gasteiger charge is -2.14. The van der Waals surface area contributed by atoms with Gasteiger partial charge < -0.3 is 15.4 Å². The second-order valence-electron chi connectivity index (χ2n) is 6.85. The molecule has 2 aromatic carbocycles. The highest BCUT2D eigenvalue weighted by molar-refractivity contribution is 7.80. The minimum absolute atomic E-state index is 0.349. The van der Waals surface area contributed by atoms with Crippen molar-refractivity contribution < 1.29 is 9.53 Å². The van der Waals surface area contributed by atoms with Crippen molar-refractivity contribution >= 4 is 29.0 Å². The normalized spacial score (nSPS) is 10.6. The average molecular weight is 385 g/mol. The maximum Gasteiger partial charge on any atom is 0.338 e. The largest absolute Gasteiger partial charge is 0.465 e. The van der Waals surface area contributed by atoms with Crippen LogP contribution in [0.3, 0.4) is 0 Å². The molecule has 0 aliphatic carbocycles. The quantitative estimate of drug-likeness (QED) is 0.407. The van der Waals surface area contributed by atoms with Gasteiger partial charge in [0.2, 0.25) is 0 Å². The first-order valence-corrected chi connectivity index (χ1v) is 9.64. The van der Waals surface area contributed by atoms with Crippen LogP contribution in [0.2, 0.25) is 0 Å². The van der Waals surface area contributed by atoms with E-state index in [4.69, 9.17) is 17.0 Å². The number of carbonyl (C=O) groups is 1. The highest BCUT2D eigenvalue weighted by Gasteiger charge is 2.12. The molecule has 0 atom stereocenters. The van der Waals surface area contributed by atoms with E-state index in [0.29, 0.717) is 16.6 Å². The summed E-state index contributed by atoms with van der Waals surface area (Å²) in [6.45, 7) is 7.07. The third-order valence-electron chi connectivity index (χ3n) is 4.56. The Bertz CT molecular complexity index is 785. The Kier molecular flexibility index (Phi) is 7.80. The lowest BCUT2D eigenvalue weighted by molar-refractivity contribution is 0.0600. The Hall–Kier alpha value is -2.40. The summed E-state index contributed by atoms with van der Waals surface area (Å²) in [5.74, 6) is 0.212. The summed E-state index contributed by atoms with van der Waals surface area (Å²) in [6.07, 6.45) is 1.99. The lowest BCUT2D eigenvalue weighted by Crippen LogP contribution is -2.30. The molecule has 144 valence electrons. The molecular weight excluding hydrogens is 356 g/mol. The molecule has 2 aromatic rings. The van der Waals surface area contributed by atoms with Crippen LogP contribution in [-0.4, -0.2) is 24.7 Å². The van der Waals surface area contributed by atoms with Crippen LogP contribution >= 0.6 is 12.2 Å². The van der Waals surface area contributed by atoms with Gasteiger partial charge in [-0.05, 0) is 66.7 Å². The van der Waals surface area contributed by atoms with Gasteiger partial charge in [-0.3, -0.25) is 0 Å². The fraction of sp³-hybridized carbons (Fsp3) is 0.364. The van der Waals surface area contributed by atoms with Crippen LogP contribution in [0.5, 0.6) is 0 Å². The number of hydrogen-bond donors (Lipinski definition) is 2. The molecule has 0 radical (unpaired) electrons. The van der Waals surface area contributed by atoms with E-state index in [2.05, 4.69) is 48.7 Å². The zero-order chi connectivity index (χ0) is 19.8. The summed E-state index contributed by atoms with van der Waals surface area (Å²) < 4.78 is 4.80. The lowest BCUT2D eigenvalue weighted by atomic mass is 10.0. The third-order valence-corrected chi connectivity index (χ3v) is 4.81. The Labute approximate surface area is 167 Å².